The maximum absolute atomic E-state index is 12.9. The number of rotatable bonds is 5. The Hall–Kier alpha value is -1.00. The second-order valence-corrected chi connectivity index (χ2v) is 4.50. The maximum Gasteiger partial charge on any atom is 0.159 e. The van der Waals surface area contributed by atoms with Crippen molar-refractivity contribution in [2.24, 2.45) is 0 Å². The highest BCUT2D eigenvalue weighted by Crippen LogP contribution is 2.09. The molecule has 1 saturated heterocycles. The molecule has 2 nitrogen and oxygen atoms in total. The fraction of sp³-hybridized carbons (Fsp3) is 0.538. The van der Waals surface area contributed by atoms with Gasteiger partial charge in [0.05, 0.1) is 0 Å². The van der Waals surface area contributed by atoms with E-state index in [4.69, 9.17) is 0 Å². The van der Waals surface area contributed by atoms with Crippen LogP contribution in [0.4, 0.5) is 8.78 Å². The molecule has 0 aromatic heterocycles. The third-order valence-electron chi connectivity index (χ3n) is 3.13. The molecule has 0 aliphatic carbocycles. The summed E-state index contributed by atoms with van der Waals surface area (Å²) in [6.45, 7) is 2.85. The van der Waals surface area contributed by atoms with Crippen molar-refractivity contribution < 1.29 is 8.78 Å². The summed E-state index contributed by atoms with van der Waals surface area (Å²) in [5, 5.41) is 6.73. The van der Waals surface area contributed by atoms with Gasteiger partial charge in [-0.05, 0) is 50.0 Å². The van der Waals surface area contributed by atoms with E-state index < -0.39 is 11.6 Å². The van der Waals surface area contributed by atoms with E-state index in [0.717, 1.165) is 31.6 Å². The number of halogens is 2. The minimum atomic E-state index is -0.781. The van der Waals surface area contributed by atoms with Crippen molar-refractivity contribution in [3.8, 4) is 0 Å². The smallest absolute Gasteiger partial charge is 0.159 e. The van der Waals surface area contributed by atoms with Gasteiger partial charge in [0.25, 0.3) is 0 Å². The lowest BCUT2D eigenvalue weighted by Crippen LogP contribution is -2.34. The van der Waals surface area contributed by atoms with Crippen LogP contribution in [0, 0.1) is 11.6 Å². The van der Waals surface area contributed by atoms with Crippen LogP contribution in [0.15, 0.2) is 18.2 Å². The van der Waals surface area contributed by atoms with Gasteiger partial charge in [-0.15, -0.1) is 0 Å². The molecule has 1 aromatic carbocycles. The van der Waals surface area contributed by atoms with Crippen molar-refractivity contribution in [2.75, 3.05) is 19.6 Å². The molecule has 0 radical (unpaired) electrons. The normalized spacial score (nSPS) is 19.8. The monoisotopic (exact) mass is 240 g/mol. The molecular weight excluding hydrogens is 222 g/mol. The molecule has 1 aromatic rings. The first-order valence-corrected chi connectivity index (χ1v) is 6.14. The van der Waals surface area contributed by atoms with Crippen LogP contribution in [-0.4, -0.2) is 25.7 Å². The summed E-state index contributed by atoms with van der Waals surface area (Å²) in [4.78, 5) is 0. The highest BCUT2D eigenvalue weighted by atomic mass is 19.2. The molecule has 2 N–H and O–H groups in total. The molecular formula is C13H18F2N2. The Morgan fingerprint density at radius 2 is 2.18 bits per heavy atom. The van der Waals surface area contributed by atoms with Crippen LogP contribution in [0.5, 0.6) is 0 Å². The zero-order valence-corrected chi connectivity index (χ0v) is 9.81. The van der Waals surface area contributed by atoms with Gasteiger partial charge in [-0.3, -0.25) is 0 Å². The quantitative estimate of drug-likeness (QED) is 0.768. The topological polar surface area (TPSA) is 24.1 Å². The second kappa shape index (κ2) is 6.07. The number of hydrogen-bond acceptors (Lipinski definition) is 2. The van der Waals surface area contributed by atoms with Crippen LogP contribution in [0.1, 0.15) is 18.4 Å². The molecule has 1 atom stereocenters. The van der Waals surface area contributed by atoms with Gasteiger partial charge in [-0.25, -0.2) is 8.78 Å². The van der Waals surface area contributed by atoms with Crippen LogP contribution in [0.3, 0.4) is 0 Å². The molecule has 1 unspecified atom stereocenters. The van der Waals surface area contributed by atoms with Crippen molar-refractivity contribution >= 4 is 0 Å². The highest BCUT2D eigenvalue weighted by Gasteiger charge is 2.12. The molecule has 1 aliphatic heterocycles. The SMILES string of the molecule is Fc1ccc(CCNCC2CCCN2)cc1F. The van der Waals surface area contributed by atoms with Crippen molar-refractivity contribution in [1.82, 2.24) is 10.6 Å². The first-order chi connectivity index (χ1) is 8.25. The maximum atomic E-state index is 12.9. The zero-order valence-electron chi connectivity index (χ0n) is 9.81. The van der Waals surface area contributed by atoms with Gasteiger partial charge in [0.1, 0.15) is 0 Å². The lowest BCUT2D eigenvalue weighted by atomic mass is 10.1. The summed E-state index contributed by atoms with van der Waals surface area (Å²) in [6, 6.07) is 4.65. The van der Waals surface area contributed by atoms with E-state index in [2.05, 4.69) is 10.6 Å². The van der Waals surface area contributed by atoms with Gasteiger partial charge in [0, 0.05) is 12.6 Å². The molecule has 4 heteroatoms. The van der Waals surface area contributed by atoms with Crippen LogP contribution in [0.25, 0.3) is 0 Å². The predicted octanol–water partition coefficient (Wildman–Crippen LogP) is 1.85. The Morgan fingerprint density at radius 1 is 1.29 bits per heavy atom. The van der Waals surface area contributed by atoms with Crippen LogP contribution < -0.4 is 10.6 Å². The first kappa shape index (κ1) is 12.5. The summed E-state index contributed by atoms with van der Waals surface area (Å²) < 4.78 is 25.6. The molecule has 1 fully saturated rings. The Kier molecular flexibility index (Phi) is 4.45. The van der Waals surface area contributed by atoms with Gasteiger partial charge < -0.3 is 10.6 Å². The fourth-order valence-electron chi connectivity index (χ4n) is 2.14. The van der Waals surface area contributed by atoms with E-state index in [9.17, 15) is 8.78 Å². The predicted molar refractivity (Wildman–Crippen MR) is 64.0 cm³/mol. The highest BCUT2D eigenvalue weighted by molar-refractivity contribution is 5.18. The standard InChI is InChI=1S/C13H18F2N2/c14-12-4-3-10(8-13(12)15)5-7-16-9-11-2-1-6-17-11/h3-4,8,11,16-17H,1-2,5-7,9H2. The average molecular weight is 240 g/mol. The molecule has 0 amide bonds. The molecule has 0 saturated carbocycles. The van der Waals surface area contributed by atoms with E-state index in [0.29, 0.717) is 6.04 Å². The minimum absolute atomic E-state index is 0.569. The Morgan fingerprint density at radius 3 is 2.88 bits per heavy atom. The van der Waals surface area contributed by atoms with Crippen molar-refractivity contribution in [2.45, 2.75) is 25.3 Å². The van der Waals surface area contributed by atoms with E-state index in [1.165, 1.54) is 25.0 Å². The summed E-state index contributed by atoms with van der Waals surface area (Å²) in [7, 11) is 0. The van der Waals surface area contributed by atoms with Gasteiger partial charge in [-0.1, -0.05) is 6.07 Å². The van der Waals surface area contributed by atoms with Crippen molar-refractivity contribution in [1.29, 1.82) is 0 Å². The third kappa shape index (κ3) is 3.75. The van der Waals surface area contributed by atoms with Gasteiger partial charge in [0.15, 0.2) is 11.6 Å². The molecule has 94 valence electrons. The molecule has 2 rings (SSSR count). The van der Waals surface area contributed by atoms with Crippen LogP contribution >= 0.6 is 0 Å². The van der Waals surface area contributed by atoms with E-state index in [-0.39, 0.29) is 0 Å². The molecule has 1 heterocycles. The minimum Gasteiger partial charge on any atom is -0.315 e. The third-order valence-corrected chi connectivity index (χ3v) is 3.13. The molecule has 0 bridgehead atoms. The summed E-state index contributed by atoms with van der Waals surface area (Å²) in [5.74, 6) is -1.54. The lowest BCUT2D eigenvalue weighted by molar-refractivity contribution is 0.505. The van der Waals surface area contributed by atoms with Crippen LogP contribution in [-0.2, 0) is 6.42 Å². The van der Waals surface area contributed by atoms with E-state index >= 15 is 0 Å². The number of hydrogen-bond donors (Lipinski definition) is 2. The summed E-state index contributed by atoms with van der Waals surface area (Å²) in [6.07, 6.45) is 3.19. The molecule has 1 aliphatic rings. The van der Waals surface area contributed by atoms with Crippen molar-refractivity contribution in [3.05, 3.63) is 35.4 Å². The summed E-state index contributed by atoms with van der Waals surface area (Å²) in [5.41, 5.74) is 0.829. The van der Waals surface area contributed by atoms with Gasteiger partial charge in [0.2, 0.25) is 0 Å². The van der Waals surface area contributed by atoms with E-state index in [1.54, 1.807) is 6.07 Å². The van der Waals surface area contributed by atoms with Crippen molar-refractivity contribution in [3.63, 3.8) is 0 Å². The summed E-state index contributed by atoms with van der Waals surface area (Å²) >= 11 is 0. The number of nitrogens with one attached hydrogen (secondary N) is 2. The van der Waals surface area contributed by atoms with Crippen LogP contribution in [0.2, 0.25) is 0 Å². The van der Waals surface area contributed by atoms with Gasteiger partial charge in [-0.2, -0.15) is 0 Å². The molecule has 17 heavy (non-hydrogen) atoms. The Balaban J connectivity index is 1.68. The molecule has 0 spiro atoms. The first-order valence-electron chi connectivity index (χ1n) is 6.14. The fourth-order valence-corrected chi connectivity index (χ4v) is 2.14. The largest absolute Gasteiger partial charge is 0.315 e. The van der Waals surface area contributed by atoms with E-state index in [1.807, 2.05) is 0 Å². The number of benzene rings is 1. The lowest BCUT2D eigenvalue weighted by Gasteiger charge is -2.11. The Labute approximate surface area is 100 Å². The zero-order chi connectivity index (χ0) is 12.1. The van der Waals surface area contributed by atoms with Gasteiger partial charge >= 0.3 is 0 Å². The second-order valence-electron chi connectivity index (χ2n) is 4.50. The Bertz CT molecular complexity index is 362. The average Bonchev–Trinajstić information content (AvgIpc) is 2.82.